The number of hydrogen-bond donors (Lipinski definition) is 1. The number of nitrogens with one attached hydrogen (secondary N) is 1. The summed E-state index contributed by atoms with van der Waals surface area (Å²) in [5.41, 5.74) is 2.47. The van der Waals surface area contributed by atoms with Crippen LogP contribution in [0.4, 0.5) is 0 Å². The number of pyridine rings is 1. The molecule has 0 aliphatic heterocycles. The van der Waals surface area contributed by atoms with E-state index in [4.69, 9.17) is 4.74 Å². The molecule has 1 heterocycles. The third-order valence-electron chi connectivity index (χ3n) is 2.94. The Balaban J connectivity index is 1.79. The lowest BCUT2D eigenvalue weighted by molar-refractivity contribution is 0.305. The van der Waals surface area contributed by atoms with Gasteiger partial charge in [-0.2, -0.15) is 0 Å². The van der Waals surface area contributed by atoms with Crippen molar-refractivity contribution in [3.63, 3.8) is 0 Å². The Morgan fingerprint density at radius 2 is 1.85 bits per heavy atom. The summed E-state index contributed by atoms with van der Waals surface area (Å²) in [7, 11) is 0. The molecule has 0 amide bonds. The molecule has 0 saturated carbocycles. The first-order valence-electron chi connectivity index (χ1n) is 7.05. The summed E-state index contributed by atoms with van der Waals surface area (Å²) in [6.07, 6.45) is 3.47. The molecule has 0 atom stereocenters. The molecule has 0 radical (unpaired) electrons. The van der Waals surface area contributed by atoms with Crippen LogP contribution in [0, 0.1) is 5.92 Å². The van der Waals surface area contributed by atoms with E-state index in [1.165, 1.54) is 11.1 Å². The second-order valence-electron chi connectivity index (χ2n) is 5.32. The van der Waals surface area contributed by atoms with Gasteiger partial charge in [0.25, 0.3) is 0 Å². The predicted molar refractivity (Wildman–Crippen MR) is 81.6 cm³/mol. The molecule has 3 nitrogen and oxygen atoms in total. The summed E-state index contributed by atoms with van der Waals surface area (Å²) in [6.45, 7) is 6.97. The zero-order valence-electron chi connectivity index (χ0n) is 12.2. The van der Waals surface area contributed by atoms with Gasteiger partial charge in [-0.25, -0.2) is 0 Å². The lowest BCUT2D eigenvalue weighted by atomic mass is 10.1. The first-order chi connectivity index (χ1) is 9.74. The summed E-state index contributed by atoms with van der Waals surface area (Å²) in [6, 6.07) is 12.3. The van der Waals surface area contributed by atoms with E-state index in [-0.39, 0.29) is 0 Å². The van der Waals surface area contributed by atoms with E-state index >= 15 is 0 Å². The maximum atomic E-state index is 5.67. The van der Waals surface area contributed by atoms with E-state index in [0.29, 0.717) is 12.5 Å². The molecule has 1 aromatic heterocycles. The maximum Gasteiger partial charge on any atom is 0.138 e. The van der Waals surface area contributed by atoms with Gasteiger partial charge < -0.3 is 10.1 Å². The van der Waals surface area contributed by atoms with Gasteiger partial charge in [-0.15, -0.1) is 0 Å². The number of ether oxygens (including phenoxy) is 1. The molecule has 0 bridgehead atoms. The molecule has 2 rings (SSSR count). The van der Waals surface area contributed by atoms with Gasteiger partial charge in [-0.3, -0.25) is 4.98 Å². The minimum atomic E-state index is 0.575. The second kappa shape index (κ2) is 7.65. The van der Waals surface area contributed by atoms with Crippen LogP contribution in [-0.4, -0.2) is 11.5 Å². The van der Waals surface area contributed by atoms with Crippen LogP contribution in [0.15, 0.2) is 48.8 Å². The molecule has 20 heavy (non-hydrogen) atoms. The number of benzene rings is 1. The second-order valence-corrected chi connectivity index (χ2v) is 5.32. The van der Waals surface area contributed by atoms with Gasteiger partial charge in [-0.05, 0) is 35.7 Å². The molecule has 3 heteroatoms. The quantitative estimate of drug-likeness (QED) is 0.837. The molecule has 1 N–H and O–H groups in total. The molecular formula is C17H22N2O. The molecule has 0 fully saturated rings. The fraction of sp³-hybridized carbons (Fsp3) is 0.353. The van der Waals surface area contributed by atoms with Crippen molar-refractivity contribution in [2.75, 3.05) is 6.54 Å². The first kappa shape index (κ1) is 14.5. The van der Waals surface area contributed by atoms with Crippen molar-refractivity contribution in [3.8, 4) is 5.75 Å². The van der Waals surface area contributed by atoms with Crippen molar-refractivity contribution in [1.82, 2.24) is 10.3 Å². The molecule has 0 unspecified atom stereocenters. The van der Waals surface area contributed by atoms with Crippen LogP contribution < -0.4 is 10.1 Å². The zero-order valence-corrected chi connectivity index (χ0v) is 12.2. The van der Waals surface area contributed by atoms with Gasteiger partial charge >= 0.3 is 0 Å². The van der Waals surface area contributed by atoms with Crippen LogP contribution in [0.2, 0.25) is 0 Å². The predicted octanol–water partition coefficient (Wildman–Crippen LogP) is 3.41. The Morgan fingerprint density at radius 1 is 1.10 bits per heavy atom. The summed E-state index contributed by atoms with van der Waals surface area (Å²) >= 11 is 0. The van der Waals surface area contributed by atoms with E-state index in [1.807, 2.05) is 12.1 Å². The van der Waals surface area contributed by atoms with Crippen molar-refractivity contribution in [3.05, 3.63) is 59.9 Å². The Kier molecular flexibility index (Phi) is 5.56. The third-order valence-corrected chi connectivity index (χ3v) is 2.94. The fourth-order valence-corrected chi connectivity index (χ4v) is 1.86. The van der Waals surface area contributed by atoms with Gasteiger partial charge in [0, 0.05) is 12.7 Å². The Hall–Kier alpha value is -1.87. The third kappa shape index (κ3) is 5.02. The molecular weight excluding hydrogens is 248 g/mol. The van der Waals surface area contributed by atoms with Crippen molar-refractivity contribution in [2.24, 2.45) is 5.92 Å². The van der Waals surface area contributed by atoms with Crippen molar-refractivity contribution >= 4 is 0 Å². The SMILES string of the molecule is CC(C)CNCc1ccc(COc2cccnc2)cc1. The fourth-order valence-electron chi connectivity index (χ4n) is 1.86. The van der Waals surface area contributed by atoms with Gasteiger partial charge in [0.05, 0.1) is 6.20 Å². The van der Waals surface area contributed by atoms with E-state index in [0.717, 1.165) is 18.8 Å². The van der Waals surface area contributed by atoms with Gasteiger partial charge in [0.1, 0.15) is 12.4 Å². The topological polar surface area (TPSA) is 34.1 Å². The molecule has 0 aliphatic carbocycles. The Morgan fingerprint density at radius 3 is 2.50 bits per heavy atom. The van der Waals surface area contributed by atoms with Crippen LogP contribution in [0.25, 0.3) is 0 Å². The highest BCUT2D eigenvalue weighted by atomic mass is 16.5. The molecule has 1 aromatic carbocycles. The van der Waals surface area contributed by atoms with E-state index in [1.54, 1.807) is 12.4 Å². The van der Waals surface area contributed by atoms with Crippen molar-refractivity contribution in [1.29, 1.82) is 0 Å². The largest absolute Gasteiger partial charge is 0.487 e. The minimum absolute atomic E-state index is 0.575. The summed E-state index contributed by atoms with van der Waals surface area (Å²) in [4.78, 5) is 4.03. The van der Waals surface area contributed by atoms with Crippen LogP contribution >= 0.6 is 0 Å². The summed E-state index contributed by atoms with van der Waals surface area (Å²) in [5.74, 6) is 1.48. The van der Waals surface area contributed by atoms with Crippen LogP contribution in [0.1, 0.15) is 25.0 Å². The van der Waals surface area contributed by atoms with Gasteiger partial charge in [0.2, 0.25) is 0 Å². The zero-order chi connectivity index (χ0) is 14.2. The first-order valence-corrected chi connectivity index (χ1v) is 7.05. The van der Waals surface area contributed by atoms with Gasteiger partial charge in [-0.1, -0.05) is 38.1 Å². The lowest BCUT2D eigenvalue weighted by Crippen LogP contribution is -2.18. The summed E-state index contributed by atoms with van der Waals surface area (Å²) in [5, 5.41) is 3.44. The average Bonchev–Trinajstić information content (AvgIpc) is 2.47. The average molecular weight is 270 g/mol. The summed E-state index contributed by atoms with van der Waals surface area (Å²) < 4.78 is 5.67. The highest BCUT2D eigenvalue weighted by Gasteiger charge is 1.98. The van der Waals surface area contributed by atoms with E-state index in [2.05, 4.69) is 48.4 Å². The number of nitrogens with zero attached hydrogens (tertiary/aromatic N) is 1. The Bertz CT molecular complexity index is 494. The van der Waals surface area contributed by atoms with Crippen LogP contribution in [-0.2, 0) is 13.2 Å². The van der Waals surface area contributed by atoms with Crippen molar-refractivity contribution < 1.29 is 4.74 Å². The smallest absolute Gasteiger partial charge is 0.138 e. The van der Waals surface area contributed by atoms with Crippen LogP contribution in [0.3, 0.4) is 0 Å². The van der Waals surface area contributed by atoms with Crippen molar-refractivity contribution in [2.45, 2.75) is 27.0 Å². The molecule has 0 spiro atoms. The minimum Gasteiger partial charge on any atom is -0.487 e. The molecule has 0 saturated heterocycles. The standard InChI is InChI=1S/C17H22N2O/c1-14(2)10-19-11-15-5-7-16(8-6-15)13-20-17-4-3-9-18-12-17/h3-9,12,14,19H,10-11,13H2,1-2H3. The Labute approximate surface area is 121 Å². The normalized spacial score (nSPS) is 10.8. The maximum absolute atomic E-state index is 5.67. The van der Waals surface area contributed by atoms with Crippen LogP contribution in [0.5, 0.6) is 5.75 Å². The van der Waals surface area contributed by atoms with Gasteiger partial charge in [0.15, 0.2) is 0 Å². The monoisotopic (exact) mass is 270 g/mol. The highest BCUT2D eigenvalue weighted by Crippen LogP contribution is 2.11. The molecule has 106 valence electrons. The van der Waals surface area contributed by atoms with E-state index in [9.17, 15) is 0 Å². The molecule has 2 aromatic rings. The van der Waals surface area contributed by atoms with E-state index < -0.39 is 0 Å². The number of rotatable bonds is 7. The number of aromatic nitrogens is 1. The molecule has 0 aliphatic rings. The lowest BCUT2D eigenvalue weighted by Gasteiger charge is -2.09. The number of hydrogen-bond acceptors (Lipinski definition) is 3. The highest BCUT2D eigenvalue weighted by molar-refractivity contribution is 5.23.